The number of aliphatic hydroxyl groups is 2. The lowest BCUT2D eigenvalue weighted by Gasteiger charge is -2.18. The van der Waals surface area contributed by atoms with Crippen LogP contribution in [0, 0.1) is 11.6 Å². The number of nitrogens with zero attached hydrogens (tertiary/aromatic N) is 2. The van der Waals surface area contributed by atoms with Gasteiger partial charge in [-0.1, -0.05) is 6.07 Å². The molecule has 0 bridgehead atoms. The monoisotopic (exact) mass is 504 g/mol. The summed E-state index contributed by atoms with van der Waals surface area (Å²) in [5.41, 5.74) is 10.1. The summed E-state index contributed by atoms with van der Waals surface area (Å²) in [6.45, 7) is 2.66. The highest BCUT2D eigenvalue weighted by Crippen LogP contribution is 2.40. The van der Waals surface area contributed by atoms with E-state index in [0.29, 0.717) is 11.5 Å². The molecule has 3 rings (SSSR count). The third kappa shape index (κ3) is 6.31. The van der Waals surface area contributed by atoms with Crippen molar-refractivity contribution in [3.63, 3.8) is 0 Å². The van der Waals surface area contributed by atoms with E-state index in [1.54, 1.807) is 18.2 Å². The Bertz CT molecular complexity index is 1250. The number of benzene rings is 1. The largest absolute Gasteiger partial charge is 0.399 e. The molecule has 2 heterocycles. The smallest absolute Gasteiger partial charge is 0.251 e. The van der Waals surface area contributed by atoms with Gasteiger partial charge in [-0.3, -0.25) is 4.79 Å². The van der Waals surface area contributed by atoms with Gasteiger partial charge in [0, 0.05) is 11.1 Å². The molecular weight excluding hydrogens is 478 g/mol. The number of hydrogen-bond acceptors (Lipinski definition) is 9. The predicted octanol–water partition coefficient (Wildman–Crippen LogP) is 2.63. The molecule has 0 saturated carbocycles. The van der Waals surface area contributed by atoms with Gasteiger partial charge in [0.1, 0.15) is 22.5 Å². The SMILES string of the molecule is CC(C)(O)c1cc(F)c(-c2cc(C(N)=O)c(Nc3cccc(CN(N)/C=C(\N)CO)n3)s2)c(F)c1. The van der Waals surface area contributed by atoms with Crippen molar-refractivity contribution in [1.29, 1.82) is 0 Å². The topological polar surface area (TPSA) is 164 Å². The molecule has 9 N–H and O–H groups in total. The Morgan fingerprint density at radius 2 is 1.89 bits per heavy atom. The number of hydrogen-bond donors (Lipinski definition) is 6. The highest BCUT2D eigenvalue weighted by atomic mass is 32.1. The minimum Gasteiger partial charge on any atom is -0.399 e. The van der Waals surface area contributed by atoms with E-state index < -0.39 is 23.1 Å². The number of anilines is 2. The van der Waals surface area contributed by atoms with Crippen LogP contribution in [0.3, 0.4) is 0 Å². The number of primary amides is 1. The Balaban J connectivity index is 1.93. The number of rotatable bonds is 9. The standard InChI is InChI=1S/C23H26F2N6O3S/c1-23(2,34)12-6-16(24)20(17(25)7-12)18-8-15(21(27)33)22(35-18)30-19-5-3-4-14(29-19)10-31(28)9-13(26)11-32/h3-9,32,34H,10-11,26,28H2,1-2H3,(H2,27,33)(H,29,30)/b13-9-. The van der Waals surface area contributed by atoms with Gasteiger partial charge in [0.2, 0.25) is 0 Å². The molecule has 0 fully saturated rings. The molecule has 0 saturated heterocycles. The number of nitrogens with two attached hydrogens (primary N) is 3. The lowest BCUT2D eigenvalue weighted by Crippen LogP contribution is -2.27. The first-order chi connectivity index (χ1) is 16.4. The number of amides is 1. The zero-order chi connectivity index (χ0) is 25.9. The fraction of sp³-hybridized carbons (Fsp3) is 0.217. The van der Waals surface area contributed by atoms with Crippen LogP contribution < -0.4 is 22.6 Å². The first kappa shape index (κ1) is 26.0. The van der Waals surface area contributed by atoms with E-state index in [1.165, 1.54) is 31.1 Å². The lowest BCUT2D eigenvalue weighted by atomic mass is 9.96. The predicted molar refractivity (Wildman–Crippen MR) is 130 cm³/mol. The highest BCUT2D eigenvalue weighted by Gasteiger charge is 2.24. The van der Waals surface area contributed by atoms with E-state index >= 15 is 0 Å². The number of carbonyl (C=O) groups excluding carboxylic acids is 1. The summed E-state index contributed by atoms with van der Waals surface area (Å²) in [6.07, 6.45) is 1.37. The molecular formula is C23H26F2N6O3S. The molecule has 0 radical (unpaired) electrons. The quantitative estimate of drug-likeness (QED) is 0.191. The van der Waals surface area contributed by atoms with Gasteiger partial charge in [-0.25, -0.2) is 19.6 Å². The van der Waals surface area contributed by atoms with Gasteiger partial charge in [0.15, 0.2) is 0 Å². The van der Waals surface area contributed by atoms with Crippen molar-refractivity contribution < 1.29 is 23.8 Å². The molecule has 0 aliphatic heterocycles. The zero-order valence-corrected chi connectivity index (χ0v) is 19.9. The van der Waals surface area contributed by atoms with Crippen LogP contribution in [0.15, 0.2) is 48.3 Å². The maximum Gasteiger partial charge on any atom is 0.251 e. The number of nitrogens with one attached hydrogen (secondary N) is 1. The van der Waals surface area contributed by atoms with Crippen LogP contribution in [0.2, 0.25) is 0 Å². The number of thiophene rings is 1. The summed E-state index contributed by atoms with van der Waals surface area (Å²) in [6, 6.07) is 8.44. The van der Waals surface area contributed by atoms with E-state index in [-0.39, 0.29) is 45.4 Å². The first-order valence-corrected chi connectivity index (χ1v) is 11.2. The molecule has 1 aromatic carbocycles. The number of pyridine rings is 1. The zero-order valence-electron chi connectivity index (χ0n) is 19.0. The second-order valence-electron chi connectivity index (χ2n) is 8.27. The number of carbonyl (C=O) groups is 1. The molecule has 2 aromatic heterocycles. The third-order valence-electron chi connectivity index (χ3n) is 4.90. The van der Waals surface area contributed by atoms with Crippen LogP contribution in [-0.4, -0.2) is 32.7 Å². The molecule has 0 unspecified atom stereocenters. The summed E-state index contributed by atoms with van der Waals surface area (Å²) in [5.74, 6) is 3.62. The summed E-state index contributed by atoms with van der Waals surface area (Å²) in [7, 11) is 0. The van der Waals surface area contributed by atoms with Gasteiger partial charge >= 0.3 is 0 Å². The molecule has 35 heavy (non-hydrogen) atoms. The summed E-state index contributed by atoms with van der Waals surface area (Å²) >= 11 is 0.925. The fourth-order valence-electron chi connectivity index (χ4n) is 3.19. The van der Waals surface area contributed by atoms with Crippen molar-refractivity contribution in [2.75, 3.05) is 11.9 Å². The molecule has 0 aliphatic rings. The summed E-state index contributed by atoms with van der Waals surface area (Å²) in [4.78, 5) is 16.6. The second-order valence-corrected chi connectivity index (χ2v) is 9.32. The highest BCUT2D eigenvalue weighted by molar-refractivity contribution is 7.20. The van der Waals surface area contributed by atoms with Gasteiger partial charge in [-0.15, -0.1) is 11.3 Å². The van der Waals surface area contributed by atoms with E-state index in [9.17, 15) is 18.7 Å². The minimum atomic E-state index is -1.43. The van der Waals surface area contributed by atoms with E-state index in [1.807, 2.05) is 0 Å². The van der Waals surface area contributed by atoms with E-state index in [4.69, 9.17) is 22.4 Å². The summed E-state index contributed by atoms with van der Waals surface area (Å²) in [5, 5.41) is 23.5. The molecule has 1 amide bonds. The van der Waals surface area contributed by atoms with Gasteiger partial charge in [0.05, 0.1) is 41.3 Å². The Kier molecular flexibility index (Phi) is 7.70. The van der Waals surface area contributed by atoms with E-state index in [0.717, 1.165) is 23.5 Å². The van der Waals surface area contributed by atoms with Crippen LogP contribution in [0.4, 0.5) is 19.6 Å². The maximum absolute atomic E-state index is 14.8. The average molecular weight is 505 g/mol. The molecule has 0 spiro atoms. The van der Waals surface area contributed by atoms with E-state index in [2.05, 4.69) is 10.3 Å². The second kappa shape index (κ2) is 10.4. The van der Waals surface area contributed by atoms with Crippen LogP contribution in [-0.2, 0) is 12.1 Å². The van der Waals surface area contributed by atoms with Crippen molar-refractivity contribution in [2.24, 2.45) is 17.3 Å². The molecule has 0 aliphatic carbocycles. The van der Waals surface area contributed by atoms with Crippen molar-refractivity contribution in [3.05, 3.63) is 76.8 Å². The Morgan fingerprint density at radius 3 is 2.46 bits per heavy atom. The Morgan fingerprint density at radius 1 is 1.23 bits per heavy atom. The van der Waals surface area contributed by atoms with Gasteiger partial charge < -0.3 is 32.0 Å². The normalized spacial score (nSPS) is 12.0. The van der Waals surface area contributed by atoms with Crippen molar-refractivity contribution in [2.45, 2.75) is 26.0 Å². The first-order valence-electron chi connectivity index (χ1n) is 10.4. The van der Waals surface area contributed by atoms with Crippen LogP contribution in [0.1, 0.15) is 35.5 Å². The number of halogens is 2. The van der Waals surface area contributed by atoms with Crippen LogP contribution in [0.5, 0.6) is 0 Å². The average Bonchev–Trinajstić information content (AvgIpc) is 3.16. The van der Waals surface area contributed by atoms with Crippen LogP contribution >= 0.6 is 11.3 Å². The maximum atomic E-state index is 14.8. The summed E-state index contributed by atoms with van der Waals surface area (Å²) < 4.78 is 29.7. The van der Waals surface area contributed by atoms with Crippen molar-refractivity contribution in [3.8, 4) is 10.4 Å². The molecule has 186 valence electrons. The van der Waals surface area contributed by atoms with Gasteiger partial charge in [-0.2, -0.15) is 0 Å². The van der Waals surface area contributed by atoms with Crippen LogP contribution in [0.25, 0.3) is 10.4 Å². The Hall–Kier alpha value is -3.58. The molecule has 12 heteroatoms. The minimum absolute atomic E-state index is 0.0293. The van der Waals surface area contributed by atoms with Gasteiger partial charge in [-0.05, 0) is 49.7 Å². The van der Waals surface area contributed by atoms with Gasteiger partial charge in [0.25, 0.3) is 5.91 Å². The number of hydrazine groups is 1. The number of aromatic nitrogens is 1. The Labute approximate surface area is 204 Å². The van der Waals surface area contributed by atoms with Crippen molar-refractivity contribution in [1.82, 2.24) is 9.99 Å². The fourth-order valence-corrected chi connectivity index (χ4v) is 4.31. The number of aliphatic hydroxyl groups excluding tert-OH is 1. The third-order valence-corrected chi connectivity index (χ3v) is 5.97. The lowest BCUT2D eigenvalue weighted by molar-refractivity contribution is 0.0778. The molecule has 0 atom stereocenters. The van der Waals surface area contributed by atoms with Crippen molar-refractivity contribution >= 4 is 28.1 Å². The molecule has 9 nitrogen and oxygen atoms in total. The molecule has 3 aromatic rings.